The third-order valence-electron chi connectivity index (χ3n) is 2.93. The first-order valence-electron chi connectivity index (χ1n) is 5.75. The fraction of sp³-hybridized carbons (Fsp3) is 0.200. The van der Waals surface area contributed by atoms with Gasteiger partial charge in [0.1, 0.15) is 17.5 Å². The maximum Gasteiger partial charge on any atom is 0.129 e. The fourth-order valence-electron chi connectivity index (χ4n) is 2.04. The molecule has 2 rings (SSSR count). The summed E-state index contributed by atoms with van der Waals surface area (Å²) in [5.74, 6) is -1.66. The average Bonchev–Trinajstić information content (AvgIpc) is 2.33. The van der Waals surface area contributed by atoms with E-state index in [4.69, 9.17) is 11.6 Å². The Morgan fingerprint density at radius 2 is 1.21 bits per heavy atom. The normalized spacial score (nSPS) is 12.5. The standard InChI is InChI=1S/C15H12ClF3/c1-8-3-10(4-9(2)15(8)19)14(16)11-5-12(17)7-13(18)6-11/h3-7,14H,1-2H3. The fourth-order valence-corrected chi connectivity index (χ4v) is 2.29. The lowest BCUT2D eigenvalue weighted by molar-refractivity contribution is 0.580. The van der Waals surface area contributed by atoms with E-state index in [0.29, 0.717) is 22.3 Å². The molecule has 0 amide bonds. The van der Waals surface area contributed by atoms with E-state index >= 15 is 0 Å². The number of halogens is 4. The zero-order chi connectivity index (χ0) is 14.2. The summed E-state index contributed by atoms with van der Waals surface area (Å²) < 4.78 is 39.9. The summed E-state index contributed by atoms with van der Waals surface area (Å²) in [6, 6.07) is 6.31. The molecule has 0 aliphatic rings. The van der Waals surface area contributed by atoms with Crippen molar-refractivity contribution in [2.75, 3.05) is 0 Å². The van der Waals surface area contributed by atoms with Crippen LogP contribution in [0.5, 0.6) is 0 Å². The van der Waals surface area contributed by atoms with Crippen molar-refractivity contribution < 1.29 is 13.2 Å². The largest absolute Gasteiger partial charge is 0.207 e. The Hall–Kier alpha value is -1.48. The number of aryl methyl sites for hydroxylation is 2. The number of hydrogen-bond acceptors (Lipinski definition) is 0. The van der Waals surface area contributed by atoms with Gasteiger partial charge in [0.25, 0.3) is 0 Å². The van der Waals surface area contributed by atoms with Crippen LogP contribution in [-0.4, -0.2) is 0 Å². The van der Waals surface area contributed by atoms with Gasteiger partial charge in [0.2, 0.25) is 0 Å². The predicted octanol–water partition coefficient (Wildman–Crippen LogP) is 5.05. The Morgan fingerprint density at radius 1 is 0.789 bits per heavy atom. The van der Waals surface area contributed by atoms with Gasteiger partial charge in [0.15, 0.2) is 0 Å². The molecule has 4 heteroatoms. The van der Waals surface area contributed by atoms with Crippen LogP contribution < -0.4 is 0 Å². The molecule has 100 valence electrons. The van der Waals surface area contributed by atoms with E-state index in [1.54, 1.807) is 26.0 Å². The highest BCUT2D eigenvalue weighted by Gasteiger charge is 2.15. The summed E-state index contributed by atoms with van der Waals surface area (Å²) >= 11 is 6.22. The molecule has 19 heavy (non-hydrogen) atoms. The van der Waals surface area contributed by atoms with E-state index in [1.165, 1.54) is 12.1 Å². The molecular formula is C15H12ClF3. The highest BCUT2D eigenvalue weighted by atomic mass is 35.5. The van der Waals surface area contributed by atoms with Crippen LogP contribution in [0.15, 0.2) is 30.3 Å². The van der Waals surface area contributed by atoms with Crippen molar-refractivity contribution >= 4 is 11.6 Å². The zero-order valence-corrected chi connectivity index (χ0v) is 11.2. The van der Waals surface area contributed by atoms with E-state index in [0.717, 1.165) is 6.07 Å². The molecule has 1 unspecified atom stereocenters. The summed E-state index contributed by atoms with van der Waals surface area (Å²) in [5.41, 5.74) is 1.84. The molecule has 0 saturated carbocycles. The van der Waals surface area contributed by atoms with Crippen molar-refractivity contribution in [1.29, 1.82) is 0 Å². The SMILES string of the molecule is Cc1cc(C(Cl)c2cc(F)cc(F)c2)cc(C)c1F. The lowest BCUT2D eigenvalue weighted by atomic mass is 9.99. The Bertz CT molecular complexity index is 580. The maximum absolute atomic E-state index is 13.5. The van der Waals surface area contributed by atoms with Gasteiger partial charge in [-0.15, -0.1) is 11.6 Å². The Kier molecular flexibility index (Phi) is 3.85. The summed E-state index contributed by atoms with van der Waals surface area (Å²) in [6.07, 6.45) is 0. The van der Waals surface area contributed by atoms with Gasteiger partial charge in [0.05, 0.1) is 5.38 Å². The second-order valence-electron chi connectivity index (χ2n) is 4.53. The monoisotopic (exact) mass is 284 g/mol. The maximum atomic E-state index is 13.5. The van der Waals surface area contributed by atoms with Crippen LogP contribution in [0.2, 0.25) is 0 Å². The zero-order valence-electron chi connectivity index (χ0n) is 10.5. The number of hydrogen-bond donors (Lipinski definition) is 0. The van der Waals surface area contributed by atoms with Crippen LogP contribution >= 0.6 is 11.6 Å². The van der Waals surface area contributed by atoms with Crippen LogP contribution in [0.3, 0.4) is 0 Å². The van der Waals surface area contributed by atoms with Gasteiger partial charge in [-0.1, -0.05) is 12.1 Å². The minimum absolute atomic E-state index is 0.293. The molecule has 1 atom stereocenters. The van der Waals surface area contributed by atoms with Crippen molar-refractivity contribution in [3.8, 4) is 0 Å². The molecule has 2 aromatic rings. The van der Waals surface area contributed by atoms with Crippen molar-refractivity contribution in [3.05, 3.63) is 70.0 Å². The second-order valence-corrected chi connectivity index (χ2v) is 4.97. The molecule has 0 aliphatic heterocycles. The van der Waals surface area contributed by atoms with E-state index < -0.39 is 17.0 Å². The smallest absolute Gasteiger partial charge is 0.129 e. The Labute approximate surface area is 114 Å². The third kappa shape index (κ3) is 2.92. The minimum atomic E-state index is -0.719. The quantitative estimate of drug-likeness (QED) is 0.677. The first-order chi connectivity index (χ1) is 8.88. The molecule has 0 aliphatic carbocycles. The Balaban J connectivity index is 2.46. The first-order valence-corrected chi connectivity index (χ1v) is 6.19. The van der Waals surface area contributed by atoms with Crippen molar-refractivity contribution in [3.63, 3.8) is 0 Å². The van der Waals surface area contributed by atoms with Gasteiger partial charge in [-0.25, -0.2) is 13.2 Å². The van der Waals surface area contributed by atoms with Gasteiger partial charge in [-0.05, 0) is 48.2 Å². The molecule has 0 heterocycles. The molecule has 0 fully saturated rings. The molecule has 0 radical (unpaired) electrons. The molecule has 0 nitrogen and oxygen atoms in total. The molecule has 0 bridgehead atoms. The van der Waals surface area contributed by atoms with E-state index in [1.807, 2.05) is 0 Å². The average molecular weight is 285 g/mol. The minimum Gasteiger partial charge on any atom is -0.207 e. The molecule has 0 N–H and O–H groups in total. The van der Waals surface area contributed by atoms with E-state index in [9.17, 15) is 13.2 Å². The molecule has 0 saturated heterocycles. The summed E-state index contributed by atoms with van der Waals surface area (Å²) in [6.45, 7) is 3.25. The van der Waals surface area contributed by atoms with Gasteiger partial charge >= 0.3 is 0 Å². The number of rotatable bonds is 2. The van der Waals surface area contributed by atoms with E-state index in [2.05, 4.69) is 0 Å². The van der Waals surface area contributed by atoms with Gasteiger partial charge in [-0.2, -0.15) is 0 Å². The first kappa shape index (κ1) is 13.9. The Morgan fingerprint density at radius 3 is 1.68 bits per heavy atom. The van der Waals surface area contributed by atoms with Crippen LogP contribution in [0.4, 0.5) is 13.2 Å². The highest BCUT2D eigenvalue weighted by molar-refractivity contribution is 6.22. The highest BCUT2D eigenvalue weighted by Crippen LogP contribution is 2.31. The van der Waals surface area contributed by atoms with Gasteiger partial charge in [0, 0.05) is 6.07 Å². The predicted molar refractivity (Wildman–Crippen MR) is 69.9 cm³/mol. The van der Waals surface area contributed by atoms with Crippen LogP contribution in [0.1, 0.15) is 27.6 Å². The van der Waals surface area contributed by atoms with Gasteiger partial charge < -0.3 is 0 Å². The van der Waals surface area contributed by atoms with Crippen molar-refractivity contribution in [1.82, 2.24) is 0 Å². The topological polar surface area (TPSA) is 0 Å². The van der Waals surface area contributed by atoms with E-state index in [-0.39, 0.29) is 5.82 Å². The number of benzene rings is 2. The molecular weight excluding hydrogens is 273 g/mol. The summed E-state index contributed by atoms with van der Waals surface area (Å²) in [4.78, 5) is 0. The second kappa shape index (κ2) is 5.25. The lowest BCUT2D eigenvalue weighted by Gasteiger charge is -2.13. The van der Waals surface area contributed by atoms with Crippen LogP contribution in [0, 0.1) is 31.3 Å². The third-order valence-corrected chi connectivity index (χ3v) is 3.43. The number of alkyl halides is 1. The molecule has 2 aromatic carbocycles. The van der Waals surface area contributed by atoms with Crippen LogP contribution in [0.25, 0.3) is 0 Å². The summed E-state index contributed by atoms with van der Waals surface area (Å²) in [5, 5.41) is -0.719. The summed E-state index contributed by atoms with van der Waals surface area (Å²) in [7, 11) is 0. The van der Waals surface area contributed by atoms with Crippen molar-refractivity contribution in [2.45, 2.75) is 19.2 Å². The van der Waals surface area contributed by atoms with Crippen molar-refractivity contribution in [2.24, 2.45) is 0 Å². The lowest BCUT2D eigenvalue weighted by Crippen LogP contribution is -1.99. The van der Waals surface area contributed by atoms with Crippen LogP contribution in [-0.2, 0) is 0 Å². The molecule has 0 spiro atoms. The molecule has 0 aromatic heterocycles. The van der Waals surface area contributed by atoms with Gasteiger partial charge in [-0.3, -0.25) is 0 Å².